The second-order valence-corrected chi connectivity index (χ2v) is 5.47. The Morgan fingerprint density at radius 3 is 2.27 bits per heavy atom. The van der Waals surface area contributed by atoms with E-state index in [4.69, 9.17) is 10.5 Å². The first kappa shape index (κ1) is 14.6. The molecule has 3 rings (SSSR count). The van der Waals surface area contributed by atoms with Crippen molar-refractivity contribution in [3.05, 3.63) is 59.7 Å². The lowest BCUT2D eigenvalue weighted by Gasteiger charge is -2.45. The van der Waals surface area contributed by atoms with Crippen LogP contribution in [0.5, 0.6) is 5.75 Å². The maximum atomic E-state index is 12.2. The zero-order valence-corrected chi connectivity index (χ0v) is 12.8. The van der Waals surface area contributed by atoms with Crippen molar-refractivity contribution < 1.29 is 9.53 Å². The van der Waals surface area contributed by atoms with E-state index in [9.17, 15) is 4.79 Å². The minimum Gasteiger partial charge on any atom is -0.497 e. The van der Waals surface area contributed by atoms with Crippen molar-refractivity contribution in [1.29, 1.82) is 0 Å². The Labute approximate surface area is 130 Å². The third-order valence-corrected chi connectivity index (χ3v) is 4.22. The van der Waals surface area contributed by atoms with Gasteiger partial charge in [-0.25, -0.2) is 0 Å². The molecule has 0 aliphatic carbocycles. The minimum atomic E-state index is -0.487. The van der Waals surface area contributed by atoms with Crippen LogP contribution >= 0.6 is 0 Å². The van der Waals surface area contributed by atoms with Crippen molar-refractivity contribution in [3.63, 3.8) is 0 Å². The van der Waals surface area contributed by atoms with E-state index < -0.39 is 6.04 Å². The van der Waals surface area contributed by atoms with E-state index in [1.165, 1.54) is 5.56 Å². The van der Waals surface area contributed by atoms with E-state index in [-0.39, 0.29) is 11.9 Å². The molecule has 4 nitrogen and oxygen atoms in total. The van der Waals surface area contributed by atoms with Crippen LogP contribution in [-0.4, -0.2) is 19.1 Å². The van der Waals surface area contributed by atoms with Gasteiger partial charge in [-0.2, -0.15) is 0 Å². The summed E-state index contributed by atoms with van der Waals surface area (Å²) in [5.41, 5.74) is 9.20. The third kappa shape index (κ3) is 2.35. The fourth-order valence-electron chi connectivity index (χ4n) is 2.85. The smallest absolute Gasteiger partial charge is 0.247 e. The number of ether oxygens (including phenoxy) is 1. The molecule has 4 heteroatoms. The van der Waals surface area contributed by atoms with Gasteiger partial charge < -0.3 is 15.4 Å². The molecule has 0 saturated carbocycles. The van der Waals surface area contributed by atoms with Crippen LogP contribution < -0.4 is 15.4 Å². The Balaban J connectivity index is 1.89. The lowest BCUT2D eigenvalue weighted by atomic mass is 9.88. The number of carbonyl (C=O) groups excluding carboxylic acids is 1. The van der Waals surface area contributed by atoms with Gasteiger partial charge in [0.1, 0.15) is 11.8 Å². The van der Waals surface area contributed by atoms with Crippen molar-refractivity contribution in [2.75, 3.05) is 12.0 Å². The average molecular weight is 296 g/mol. The van der Waals surface area contributed by atoms with Gasteiger partial charge in [-0.1, -0.05) is 31.2 Å². The van der Waals surface area contributed by atoms with Gasteiger partial charge in [0.15, 0.2) is 0 Å². The molecule has 2 N–H and O–H groups in total. The molecule has 22 heavy (non-hydrogen) atoms. The number of benzene rings is 2. The summed E-state index contributed by atoms with van der Waals surface area (Å²) in [6, 6.07) is 15.2. The van der Waals surface area contributed by atoms with Crippen LogP contribution in [0.15, 0.2) is 48.5 Å². The van der Waals surface area contributed by atoms with E-state index in [0.717, 1.165) is 23.4 Å². The van der Waals surface area contributed by atoms with Gasteiger partial charge >= 0.3 is 0 Å². The molecule has 0 radical (unpaired) electrons. The topological polar surface area (TPSA) is 55.6 Å². The summed E-state index contributed by atoms with van der Waals surface area (Å²) in [7, 11) is 1.63. The predicted molar refractivity (Wildman–Crippen MR) is 87.0 cm³/mol. The highest BCUT2D eigenvalue weighted by molar-refractivity contribution is 6.05. The van der Waals surface area contributed by atoms with Gasteiger partial charge in [0.2, 0.25) is 5.91 Å². The summed E-state index contributed by atoms with van der Waals surface area (Å²) < 4.78 is 5.17. The molecule has 0 bridgehead atoms. The van der Waals surface area contributed by atoms with Crippen molar-refractivity contribution >= 4 is 11.6 Å². The fraction of sp³-hybridized carbons (Fsp3) is 0.278. The van der Waals surface area contributed by atoms with Gasteiger partial charge in [0.05, 0.1) is 13.2 Å². The summed E-state index contributed by atoms with van der Waals surface area (Å²) in [5, 5.41) is 0. The molecule has 2 aromatic rings. The SMILES string of the molecule is CCc1ccc(N2C(=O)C(N)C2c2ccc(OC)cc2)cc1. The second-order valence-electron chi connectivity index (χ2n) is 5.47. The van der Waals surface area contributed by atoms with Crippen LogP contribution in [0.3, 0.4) is 0 Å². The van der Waals surface area contributed by atoms with Crippen LogP contribution in [0.4, 0.5) is 5.69 Å². The monoisotopic (exact) mass is 296 g/mol. The summed E-state index contributed by atoms with van der Waals surface area (Å²) >= 11 is 0. The highest BCUT2D eigenvalue weighted by Gasteiger charge is 2.46. The summed E-state index contributed by atoms with van der Waals surface area (Å²) in [6.45, 7) is 2.11. The number of methoxy groups -OCH3 is 1. The molecule has 114 valence electrons. The molecule has 2 aromatic carbocycles. The third-order valence-electron chi connectivity index (χ3n) is 4.22. The quantitative estimate of drug-likeness (QED) is 0.883. The normalized spacial score (nSPS) is 20.7. The molecule has 0 aromatic heterocycles. The van der Waals surface area contributed by atoms with Crippen LogP contribution in [0, 0.1) is 0 Å². The van der Waals surface area contributed by atoms with Crippen molar-refractivity contribution in [2.24, 2.45) is 5.73 Å². The lowest BCUT2D eigenvalue weighted by molar-refractivity contribution is -0.126. The van der Waals surface area contributed by atoms with E-state index in [0.29, 0.717) is 0 Å². The van der Waals surface area contributed by atoms with E-state index in [1.54, 1.807) is 12.0 Å². The molecule has 1 heterocycles. The maximum Gasteiger partial charge on any atom is 0.247 e. The molecule has 1 amide bonds. The van der Waals surface area contributed by atoms with Crippen LogP contribution in [0.25, 0.3) is 0 Å². The highest BCUT2D eigenvalue weighted by Crippen LogP contribution is 2.38. The zero-order chi connectivity index (χ0) is 15.7. The first-order valence-electron chi connectivity index (χ1n) is 7.47. The lowest BCUT2D eigenvalue weighted by Crippen LogP contribution is -2.63. The standard InChI is InChI=1S/C18H20N2O2/c1-3-12-4-8-14(9-5-12)20-17(16(19)18(20)21)13-6-10-15(22-2)11-7-13/h4-11,16-17H,3,19H2,1-2H3. The Hall–Kier alpha value is -2.33. The number of nitrogens with zero attached hydrogens (tertiary/aromatic N) is 1. The molecular weight excluding hydrogens is 276 g/mol. The number of anilines is 1. The minimum absolute atomic E-state index is 0.0370. The summed E-state index contributed by atoms with van der Waals surface area (Å²) in [4.78, 5) is 14.0. The number of aryl methyl sites for hydroxylation is 1. The van der Waals surface area contributed by atoms with Gasteiger partial charge in [-0.15, -0.1) is 0 Å². The van der Waals surface area contributed by atoms with E-state index in [2.05, 4.69) is 19.1 Å². The average Bonchev–Trinajstić information content (AvgIpc) is 2.59. The van der Waals surface area contributed by atoms with Gasteiger partial charge in [0, 0.05) is 5.69 Å². The first-order chi connectivity index (χ1) is 10.7. The van der Waals surface area contributed by atoms with Crippen molar-refractivity contribution in [3.8, 4) is 5.75 Å². The number of carbonyl (C=O) groups is 1. The first-order valence-corrected chi connectivity index (χ1v) is 7.47. The summed E-state index contributed by atoms with van der Waals surface area (Å²) in [6.07, 6.45) is 0.982. The number of hydrogen-bond donors (Lipinski definition) is 1. The molecule has 2 unspecified atom stereocenters. The van der Waals surface area contributed by atoms with E-state index >= 15 is 0 Å². The largest absolute Gasteiger partial charge is 0.497 e. The molecule has 1 aliphatic rings. The Morgan fingerprint density at radius 1 is 1.09 bits per heavy atom. The Morgan fingerprint density at radius 2 is 1.73 bits per heavy atom. The van der Waals surface area contributed by atoms with E-state index in [1.807, 2.05) is 36.4 Å². The van der Waals surface area contributed by atoms with Gasteiger partial charge in [-0.05, 0) is 41.8 Å². The van der Waals surface area contributed by atoms with Crippen LogP contribution in [0.2, 0.25) is 0 Å². The highest BCUT2D eigenvalue weighted by atomic mass is 16.5. The molecule has 0 spiro atoms. The molecule has 1 aliphatic heterocycles. The fourth-order valence-corrected chi connectivity index (χ4v) is 2.85. The molecule has 2 atom stereocenters. The Kier molecular flexibility index (Phi) is 3.86. The van der Waals surface area contributed by atoms with Crippen LogP contribution in [0.1, 0.15) is 24.1 Å². The summed E-state index contributed by atoms with van der Waals surface area (Å²) in [5.74, 6) is 0.756. The molecule has 1 fully saturated rings. The predicted octanol–water partition coefficient (Wildman–Crippen LogP) is 2.67. The van der Waals surface area contributed by atoms with Crippen molar-refractivity contribution in [2.45, 2.75) is 25.4 Å². The second kappa shape index (κ2) is 5.81. The van der Waals surface area contributed by atoms with Gasteiger partial charge in [-0.3, -0.25) is 4.79 Å². The number of nitrogens with two attached hydrogens (primary N) is 1. The number of amides is 1. The number of rotatable bonds is 4. The molecule has 1 saturated heterocycles. The number of hydrogen-bond acceptors (Lipinski definition) is 3. The molecular formula is C18H20N2O2. The maximum absolute atomic E-state index is 12.2. The van der Waals surface area contributed by atoms with Gasteiger partial charge in [0.25, 0.3) is 0 Å². The Bertz CT molecular complexity index is 664. The zero-order valence-electron chi connectivity index (χ0n) is 12.8. The van der Waals surface area contributed by atoms with Crippen LogP contribution in [-0.2, 0) is 11.2 Å². The van der Waals surface area contributed by atoms with Crippen molar-refractivity contribution in [1.82, 2.24) is 0 Å². The number of β-lactam (4-membered cyclic amide) rings is 1.